The average Bonchev–Trinajstić information content (AvgIpc) is 3.84. The van der Waals surface area contributed by atoms with Crippen LogP contribution in [0, 0.1) is 17.3 Å². The van der Waals surface area contributed by atoms with Gasteiger partial charge in [0.2, 0.25) is 0 Å². The van der Waals surface area contributed by atoms with Crippen LogP contribution in [0.1, 0.15) is 100.0 Å². The summed E-state index contributed by atoms with van der Waals surface area (Å²) < 4.78 is 57.1. The Kier molecular flexibility index (Phi) is 12.5. The second-order valence-electron chi connectivity index (χ2n) is 20.3. The molecule has 2 bridgehead atoms. The number of fused-ring (bicyclic) bond motifs is 5. The molecule has 5 heterocycles. The Morgan fingerprint density at radius 1 is 0.952 bits per heavy atom. The quantitative estimate of drug-likeness (QED) is 0.0830. The van der Waals surface area contributed by atoms with Gasteiger partial charge >= 0.3 is 12.1 Å². The van der Waals surface area contributed by atoms with Crippen molar-refractivity contribution < 1.29 is 32.5 Å². The number of anilines is 1. The predicted molar refractivity (Wildman–Crippen MR) is 249 cm³/mol. The van der Waals surface area contributed by atoms with E-state index in [1.807, 2.05) is 68.1 Å². The van der Waals surface area contributed by atoms with Gasteiger partial charge in [0.1, 0.15) is 43.5 Å². The van der Waals surface area contributed by atoms with Crippen molar-refractivity contribution in [3.63, 3.8) is 0 Å². The SMILES string of the molecule is COCOc1cc(-c2c(C#C[Si](C(C)C)(C(C)C)C(C)C)cc3c(N4C[C@H]5CC[C@@H](C4)N5C(=O)OC(C)(C)C)nc(OC[C@@]45CCCN4C[C@H](F)C5)nc3c2F)c2ccccc2c1. The number of benzene rings is 3. The number of amides is 1. The second kappa shape index (κ2) is 17.5. The van der Waals surface area contributed by atoms with Crippen molar-refractivity contribution in [2.75, 3.05) is 51.6 Å². The lowest BCUT2D eigenvalue weighted by molar-refractivity contribution is 0.0122. The lowest BCUT2D eigenvalue weighted by Gasteiger charge is -2.42. The Labute approximate surface area is 373 Å². The first-order chi connectivity index (χ1) is 29.9. The Hall–Kier alpha value is -4.51. The van der Waals surface area contributed by atoms with E-state index >= 15 is 4.39 Å². The number of methoxy groups -OCH3 is 1. The van der Waals surface area contributed by atoms with Gasteiger partial charge in [-0.25, -0.2) is 13.6 Å². The minimum Gasteiger partial charge on any atom is -0.468 e. The molecule has 8 rings (SSSR count). The van der Waals surface area contributed by atoms with Gasteiger partial charge in [-0.05, 0) is 104 Å². The number of carbonyl (C=O) groups excluding carboxylic acids is 1. The topological polar surface area (TPSA) is 89.5 Å². The van der Waals surface area contributed by atoms with Gasteiger partial charge in [-0.15, -0.1) is 5.54 Å². The van der Waals surface area contributed by atoms with Crippen molar-refractivity contribution in [1.82, 2.24) is 19.8 Å². The van der Waals surface area contributed by atoms with E-state index in [4.69, 9.17) is 28.9 Å². The standard InChI is InChI=1S/C50H65F2N5O5Si/c1-31(2)63(32(3)4,33(5)6)21-18-35-23-42-45(44(52)43(35)41-24-39(61-30-59-10)22-34-14-11-12-15-40(34)41)53-47(60-29-50-19-13-20-56(50)26-36(51)25-50)54-46(42)55-27-37-16-17-38(28-55)57(37)48(58)62-49(7,8)9/h11-12,14-15,22-24,31-33,36-38H,13,16-17,19-20,25-30H2,1-10H3/t36-,37-,38+,50+/m1/s1. The zero-order valence-corrected chi connectivity index (χ0v) is 39.8. The average molecular weight is 882 g/mol. The van der Waals surface area contributed by atoms with Gasteiger partial charge < -0.3 is 23.8 Å². The highest BCUT2D eigenvalue weighted by Gasteiger charge is 2.50. The van der Waals surface area contributed by atoms with E-state index in [9.17, 15) is 9.18 Å². The molecule has 13 heteroatoms. The van der Waals surface area contributed by atoms with E-state index in [0.717, 1.165) is 43.0 Å². The van der Waals surface area contributed by atoms with Gasteiger partial charge in [-0.2, -0.15) is 9.97 Å². The number of hydrogen-bond donors (Lipinski definition) is 0. The normalized spacial score (nSPS) is 22.7. The summed E-state index contributed by atoms with van der Waals surface area (Å²) in [6.45, 7) is 21.7. The van der Waals surface area contributed by atoms with Crippen LogP contribution in [-0.2, 0) is 9.47 Å². The third-order valence-corrected chi connectivity index (χ3v) is 20.5. The number of ether oxygens (including phenoxy) is 4. The molecular formula is C50H65F2N5O5Si. The number of halogens is 2. The summed E-state index contributed by atoms with van der Waals surface area (Å²) >= 11 is 0. The number of aromatic nitrogens is 2. The second-order valence-corrected chi connectivity index (χ2v) is 25.9. The van der Waals surface area contributed by atoms with Crippen molar-refractivity contribution in [2.45, 2.75) is 140 Å². The highest BCUT2D eigenvalue weighted by Crippen LogP contribution is 2.45. The fraction of sp³-hybridized carbons (Fsp3) is 0.580. The monoisotopic (exact) mass is 881 g/mol. The minimum atomic E-state index is -2.31. The molecule has 4 fully saturated rings. The van der Waals surface area contributed by atoms with Crippen molar-refractivity contribution >= 4 is 41.7 Å². The molecule has 0 unspecified atom stereocenters. The number of nitrogens with zero attached hydrogens (tertiary/aromatic N) is 5. The number of hydrogen-bond acceptors (Lipinski definition) is 9. The molecular weight excluding hydrogens is 817 g/mol. The van der Waals surface area contributed by atoms with Crippen molar-refractivity contribution in [2.24, 2.45) is 0 Å². The van der Waals surface area contributed by atoms with E-state index < -0.39 is 31.2 Å². The summed E-state index contributed by atoms with van der Waals surface area (Å²) in [6, 6.07) is 13.5. The first kappa shape index (κ1) is 45.1. The highest BCUT2D eigenvalue weighted by molar-refractivity contribution is 6.90. The van der Waals surface area contributed by atoms with Gasteiger partial charge in [-0.1, -0.05) is 71.7 Å². The van der Waals surface area contributed by atoms with Crippen LogP contribution in [0.5, 0.6) is 11.8 Å². The molecule has 4 saturated heterocycles. The van der Waals surface area contributed by atoms with Crippen LogP contribution in [-0.4, -0.2) is 110 Å². The summed E-state index contributed by atoms with van der Waals surface area (Å²) in [5, 5.41) is 2.24. The molecule has 4 atom stereocenters. The molecule has 4 aliphatic rings. The molecule has 10 nitrogen and oxygen atoms in total. The van der Waals surface area contributed by atoms with Gasteiger partial charge in [0.25, 0.3) is 0 Å². The smallest absolute Gasteiger partial charge is 0.410 e. The summed E-state index contributed by atoms with van der Waals surface area (Å²) in [4.78, 5) is 29.8. The largest absolute Gasteiger partial charge is 0.468 e. The summed E-state index contributed by atoms with van der Waals surface area (Å²) in [6.07, 6.45) is 2.53. The fourth-order valence-corrected chi connectivity index (χ4v) is 16.7. The highest BCUT2D eigenvalue weighted by atomic mass is 28.3. The summed E-state index contributed by atoms with van der Waals surface area (Å²) in [5.41, 5.74) is 5.46. The first-order valence-corrected chi connectivity index (χ1v) is 25.2. The lowest BCUT2D eigenvalue weighted by Crippen LogP contribution is -2.57. The third kappa shape index (κ3) is 8.48. The molecule has 63 heavy (non-hydrogen) atoms. The number of rotatable bonds is 11. The van der Waals surface area contributed by atoms with Crippen LogP contribution >= 0.6 is 0 Å². The van der Waals surface area contributed by atoms with Gasteiger partial charge in [0.15, 0.2) is 12.6 Å². The van der Waals surface area contributed by atoms with Crippen molar-refractivity contribution in [3.8, 4) is 34.4 Å². The Bertz CT molecular complexity index is 2390. The molecule has 0 N–H and O–H groups in total. The maximum absolute atomic E-state index is 18.4. The zero-order chi connectivity index (χ0) is 45.0. The number of carbonyl (C=O) groups is 1. The summed E-state index contributed by atoms with van der Waals surface area (Å²) in [5.74, 6) is 4.19. The molecule has 1 aromatic heterocycles. The molecule has 0 saturated carbocycles. The number of piperazine rings is 1. The molecule has 4 aromatic rings. The van der Waals surface area contributed by atoms with Crippen LogP contribution in [0.3, 0.4) is 0 Å². The van der Waals surface area contributed by atoms with Gasteiger partial charge in [-0.3, -0.25) is 9.80 Å². The van der Waals surface area contributed by atoms with Crippen LogP contribution in [0.2, 0.25) is 16.6 Å². The molecule has 3 aromatic carbocycles. The van der Waals surface area contributed by atoms with E-state index in [-0.39, 0.29) is 43.1 Å². The minimum absolute atomic E-state index is 0.0263. The van der Waals surface area contributed by atoms with Gasteiger partial charge in [0, 0.05) is 49.7 Å². The maximum atomic E-state index is 18.4. The Morgan fingerprint density at radius 2 is 1.65 bits per heavy atom. The first-order valence-electron chi connectivity index (χ1n) is 22.9. The molecule has 0 aliphatic carbocycles. The van der Waals surface area contributed by atoms with Crippen molar-refractivity contribution in [3.05, 3.63) is 53.8 Å². The molecule has 0 radical (unpaired) electrons. The lowest BCUT2D eigenvalue weighted by atomic mass is 9.92. The Morgan fingerprint density at radius 3 is 2.32 bits per heavy atom. The molecule has 4 aliphatic heterocycles. The maximum Gasteiger partial charge on any atom is 0.410 e. The fourth-order valence-electron chi connectivity index (χ4n) is 11.5. The molecule has 1 amide bonds. The van der Waals surface area contributed by atoms with E-state index in [1.54, 1.807) is 7.11 Å². The van der Waals surface area contributed by atoms with E-state index in [2.05, 4.69) is 62.8 Å². The number of alkyl halides is 1. The van der Waals surface area contributed by atoms with Crippen LogP contribution < -0.4 is 14.4 Å². The molecule has 0 spiro atoms. The van der Waals surface area contributed by atoms with E-state index in [0.29, 0.717) is 76.3 Å². The summed E-state index contributed by atoms with van der Waals surface area (Å²) in [7, 11) is -0.740. The van der Waals surface area contributed by atoms with E-state index in [1.165, 1.54) is 0 Å². The van der Waals surface area contributed by atoms with Crippen LogP contribution in [0.25, 0.3) is 32.8 Å². The van der Waals surface area contributed by atoms with Crippen LogP contribution in [0.15, 0.2) is 42.5 Å². The predicted octanol–water partition coefficient (Wildman–Crippen LogP) is 10.7. The zero-order valence-electron chi connectivity index (χ0n) is 38.8. The van der Waals surface area contributed by atoms with Gasteiger partial charge in [0.05, 0.1) is 17.6 Å². The van der Waals surface area contributed by atoms with Crippen molar-refractivity contribution in [1.29, 1.82) is 0 Å². The van der Waals surface area contributed by atoms with Crippen LogP contribution in [0.4, 0.5) is 19.4 Å². The molecule has 338 valence electrons. The third-order valence-electron chi connectivity index (χ3n) is 14.2. The Balaban J connectivity index is 1.35.